The third-order valence-electron chi connectivity index (χ3n) is 2.61. The molecule has 0 spiro atoms. The standard InChI is InChI=1S/C13H10N4O2S/c1-8-7-10(16-19-8)14-13(18)11-12(20-17-15-11)9-5-3-2-4-6-9/h2-7H,1H3,(H,14,16,18). The Kier molecular flexibility index (Phi) is 3.26. The van der Waals surface area contributed by atoms with Crippen LogP contribution < -0.4 is 5.32 Å². The summed E-state index contributed by atoms with van der Waals surface area (Å²) >= 11 is 1.18. The molecule has 3 aromatic rings. The molecule has 0 saturated carbocycles. The van der Waals surface area contributed by atoms with Gasteiger partial charge in [0.25, 0.3) is 5.91 Å². The van der Waals surface area contributed by atoms with Crippen molar-refractivity contribution in [2.24, 2.45) is 0 Å². The third-order valence-corrected chi connectivity index (χ3v) is 3.38. The van der Waals surface area contributed by atoms with Crippen molar-refractivity contribution in [1.29, 1.82) is 0 Å². The predicted octanol–water partition coefficient (Wildman–Crippen LogP) is 2.75. The van der Waals surface area contributed by atoms with Gasteiger partial charge in [-0.1, -0.05) is 40.0 Å². The molecule has 100 valence electrons. The van der Waals surface area contributed by atoms with E-state index in [4.69, 9.17) is 4.52 Å². The second-order valence-corrected chi connectivity index (χ2v) is 4.85. The zero-order valence-electron chi connectivity index (χ0n) is 10.5. The normalized spacial score (nSPS) is 10.4. The van der Waals surface area contributed by atoms with Crippen molar-refractivity contribution in [3.05, 3.63) is 47.9 Å². The van der Waals surface area contributed by atoms with Crippen LogP contribution in [0.15, 0.2) is 40.9 Å². The molecule has 7 heteroatoms. The maximum atomic E-state index is 12.2. The van der Waals surface area contributed by atoms with Crippen molar-refractivity contribution in [3.8, 4) is 10.4 Å². The zero-order chi connectivity index (χ0) is 13.9. The molecule has 0 atom stereocenters. The number of anilines is 1. The van der Waals surface area contributed by atoms with Gasteiger partial charge in [0.1, 0.15) is 5.76 Å². The second kappa shape index (κ2) is 5.22. The minimum Gasteiger partial charge on any atom is -0.360 e. The van der Waals surface area contributed by atoms with E-state index in [1.54, 1.807) is 13.0 Å². The van der Waals surface area contributed by atoms with Crippen molar-refractivity contribution in [1.82, 2.24) is 14.7 Å². The van der Waals surface area contributed by atoms with Gasteiger partial charge in [0.2, 0.25) is 0 Å². The van der Waals surface area contributed by atoms with Gasteiger partial charge in [-0.2, -0.15) is 0 Å². The largest absolute Gasteiger partial charge is 0.360 e. The summed E-state index contributed by atoms with van der Waals surface area (Å²) in [6, 6.07) is 11.2. The van der Waals surface area contributed by atoms with Gasteiger partial charge >= 0.3 is 0 Å². The molecule has 0 aliphatic carbocycles. The molecule has 3 rings (SSSR count). The molecule has 0 unspecified atom stereocenters. The number of hydrogen-bond donors (Lipinski definition) is 1. The van der Waals surface area contributed by atoms with E-state index >= 15 is 0 Å². The number of nitrogens with zero attached hydrogens (tertiary/aromatic N) is 3. The van der Waals surface area contributed by atoms with E-state index in [2.05, 4.69) is 20.1 Å². The Balaban J connectivity index is 1.88. The fourth-order valence-electron chi connectivity index (χ4n) is 1.72. The Morgan fingerprint density at radius 1 is 1.30 bits per heavy atom. The van der Waals surface area contributed by atoms with E-state index in [9.17, 15) is 4.79 Å². The van der Waals surface area contributed by atoms with Crippen LogP contribution in [0, 0.1) is 6.92 Å². The lowest BCUT2D eigenvalue weighted by Gasteiger charge is -2.01. The number of nitrogens with one attached hydrogen (secondary N) is 1. The lowest BCUT2D eigenvalue weighted by atomic mass is 10.1. The Morgan fingerprint density at radius 3 is 2.80 bits per heavy atom. The summed E-state index contributed by atoms with van der Waals surface area (Å²) < 4.78 is 8.75. The molecule has 1 amide bonds. The summed E-state index contributed by atoms with van der Waals surface area (Å²) in [5.74, 6) is 0.630. The number of aryl methyl sites for hydroxylation is 1. The Morgan fingerprint density at radius 2 is 2.10 bits per heavy atom. The molecule has 0 aliphatic heterocycles. The number of amides is 1. The van der Waals surface area contributed by atoms with Crippen LogP contribution in [-0.2, 0) is 0 Å². The number of carbonyl (C=O) groups is 1. The molecule has 0 saturated heterocycles. The summed E-state index contributed by atoms with van der Waals surface area (Å²) in [6.45, 7) is 1.75. The van der Waals surface area contributed by atoms with Crippen molar-refractivity contribution >= 4 is 23.3 Å². The highest BCUT2D eigenvalue weighted by Crippen LogP contribution is 2.26. The minimum atomic E-state index is -0.356. The summed E-state index contributed by atoms with van der Waals surface area (Å²) in [7, 11) is 0. The first-order valence-corrected chi connectivity index (χ1v) is 6.64. The lowest BCUT2D eigenvalue weighted by Crippen LogP contribution is -2.13. The molecule has 20 heavy (non-hydrogen) atoms. The number of benzene rings is 1. The van der Waals surface area contributed by atoms with Gasteiger partial charge in [-0.15, -0.1) is 5.10 Å². The number of hydrogen-bond acceptors (Lipinski definition) is 6. The summed E-state index contributed by atoms with van der Waals surface area (Å²) in [5.41, 5.74) is 1.19. The second-order valence-electron chi connectivity index (χ2n) is 4.09. The molecule has 1 aromatic carbocycles. The van der Waals surface area contributed by atoms with E-state index in [0.717, 1.165) is 10.4 Å². The lowest BCUT2D eigenvalue weighted by molar-refractivity contribution is 0.102. The maximum absolute atomic E-state index is 12.2. The molecular weight excluding hydrogens is 276 g/mol. The first-order chi connectivity index (χ1) is 9.74. The van der Waals surface area contributed by atoms with Gasteiger partial charge in [0, 0.05) is 6.07 Å². The van der Waals surface area contributed by atoms with Crippen LogP contribution in [0.4, 0.5) is 5.82 Å². The van der Waals surface area contributed by atoms with Crippen molar-refractivity contribution in [2.45, 2.75) is 6.92 Å². The Bertz CT molecular complexity index is 736. The number of carbonyl (C=O) groups excluding carboxylic acids is 1. The van der Waals surface area contributed by atoms with Crippen molar-refractivity contribution < 1.29 is 9.32 Å². The fourth-order valence-corrected chi connectivity index (χ4v) is 2.38. The molecular formula is C13H10N4O2S. The third kappa shape index (κ3) is 2.43. The van der Waals surface area contributed by atoms with Gasteiger partial charge in [-0.05, 0) is 24.0 Å². The quantitative estimate of drug-likeness (QED) is 0.800. The van der Waals surface area contributed by atoms with Gasteiger partial charge in [0.15, 0.2) is 11.5 Å². The van der Waals surface area contributed by atoms with Crippen molar-refractivity contribution in [2.75, 3.05) is 5.32 Å². The average Bonchev–Trinajstić information content (AvgIpc) is 3.09. The monoisotopic (exact) mass is 286 g/mol. The van der Waals surface area contributed by atoms with E-state index in [1.807, 2.05) is 30.3 Å². The predicted molar refractivity (Wildman–Crippen MR) is 74.5 cm³/mol. The topological polar surface area (TPSA) is 80.9 Å². The molecule has 6 nitrogen and oxygen atoms in total. The molecule has 0 radical (unpaired) electrons. The van der Waals surface area contributed by atoms with Crippen molar-refractivity contribution in [3.63, 3.8) is 0 Å². The highest BCUT2D eigenvalue weighted by molar-refractivity contribution is 7.09. The summed E-state index contributed by atoms with van der Waals surface area (Å²) in [4.78, 5) is 12.9. The molecule has 0 fully saturated rings. The van der Waals surface area contributed by atoms with Crippen LogP contribution in [0.5, 0.6) is 0 Å². The molecule has 2 heterocycles. The average molecular weight is 286 g/mol. The number of aromatic nitrogens is 3. The van der Waals surface area contributed by atoms with Gasteiger partial charge in [0.05, 0.1) is 4.88 Å². The fraction of sp³-hybridized carbons (Fsp3) is 0.0769. The molecule has 0 aliphatic rings. The highest BCUT2D eigenvalue weighted by Gasteiger charge is 2.18. The first kappa shape index (κ1) is 12.5. The maximum Gasteiger partial charge on any atom is 0.279 e. The minimum absolute atomic E-state index is 0.279. The van der Waals surface area contributed by atoms with E-state index in [0.29, 0.717) is 11.6 Å². The van der Waals surface area contributed by atoms with Gasteiger partial charge in [-0.3, -0.25) is 4.79 Å². The van der Waals surface area contributed by atoms with Crippen LogP contribution in [-0.4, -0.2) is 20.7 Å². The molecule has 2 aromatic heterocycles. The SMILES string of the molecule is Cc1cc(NC(=O)c2nnsc2-c2ccccc2)no1. The van der Waals surface area contributed by atoms with E-state index < -0.39 is 0 Å². The first-order valence-electron chi connectivity index (χ1n) is 5.86. The van der Waals surface area contributed by atoms with Crippen LogP contribution in [0.1, 0.15) is 16.2 Å². The van der Waals surface area contributed by atoms with E-state index in [1.165, 1.54) is 11.5 Å². The summed E-state index contributed by atoms with van der Waals surface area (Å²) in [5, 5.41) is 10.2. The number of rotatable bonds is 3. The summed E-state index contributed by atoms with van der Waals surface area (Å²) in [6.07, 6.45) is 0. The molecule has 0 bridgehead atoms. The van der Waals surface area contributed by atoms with Crippen LogP contribution in [0.25, 0.3) is 10.4 Å². The van der Waals surface area contributed by atoms with Gasteiger partial charge < -0.3 is 9.84 Å². The van der Waals surface area contributed by atoms with Gasteiger partial charge in [-0.25, -0.2) is 0 Å². The highest BCUT2D eigenvalue weighted by atomic mass is 32.1. The Labute approximate surface area is 118 Å². The molecule has 1 N–H and O–H groups in total. The van der Waals surface area contributed by atoms with E-state index in [-0.39, 0.29) is 11.6 Å². The van der Waals surface area contributed by atoms with Crippen LogP contribution in [0.3, 0.4) is 0 Å². The smallest absolute Gasteiger partial charge is 0.279 e. The Hall–Kier alpha value is -2.54. The van der Waals surface area contributed by atoms with Crippen LogP contribution >= 0.6 is 11.5 Å². The zero-order valence-corrected chi connectivity index (χ0v) is 11.3. The van der Waals surface area contributed by atoms with Crippen LogP contribution in [0.2, 0.25) is 0 Å².